The van der Waals surface area contributed by atoms with Gasteiger partial charge in [-0.3, -0.25) is 4.79 Å². The molecule has 1 amide bonds. The quantitative estimate of drug-likeness (QED) is 0.918. The molecule has 0 aliphatic rings. The van der Waals surface area contributed by atoms with E-state index in [0.29, 0.717) is 17.3 Å². The molecule has 0 saturated heterocycles. The summed E-state index contributed by atoms with van der Waals surface area (Å²) in [4.78, 5) is 16.4. The SMILES string of the molecule is Cc1noc(C(C)(C)NC(=O)c2ccccc2C)n1. The molecular weight excluding hydrogens is 242 g/mol. The van der Waals surface area contributed by atoms with Crippen molar-refractivity contribution in [1.82, 2.24) is 15.5 Å². The summed E-state index contributed by atoms with van der Waals surface area (Å²) in [5, 5.41) is 6.65. The molecule has 1 N–H and O–H groups in total. The highest BCUT2D eigenvalue weighted by Gasteiger charge is 2.29. The Labute approximate surface area is 112 Å². The van der Waals surface area contributed by atoms with Gasteiger partial charge in [-0.05, 0) is 39.3 Å². The van der Waals surface area contributed by atoms with E-state index >= 15 is 0 Å². The smallest absolute Gasteiger partial charge is 0.252 e. The van der Waals surface area contributed by atoms with E-state index in [1.165, 1.54) is 0 Å². The zero-order valence-electron chi connectivity index (χ0n) is 11.5. The maximum Gasteiger partial charge on any atom is 0.252 e. The van der Waals surface area contributed by atoms with Gasteiger partial charge in [0.05, 0.1) is 0 Å². The zero-order valence-corrected chi connectivity index (χ0v) is 11.5. The Balaban J connectivity index is 2.21. The Morgan fingerprint density at radius 1 is 1.26 bits per heavy atom. The lowest BCUT2D eigenvalue weighted by molar-refractivity contribution is 0.0894. The van der Waals surface area contributed by atoms with Crippen LogP contribution in [0.2, 0.25) is 0 Å². The van der Waals surface area contributed by atoms with E-state index in [9.17, 15) is 4.79 Å². The summed E-state index contributed by atoms with van der Waals surface area (Å²) >= 11 is 0. The summed E-state index contributed by atoms with van der Waals surface area (Å²) in [6.07, 6.45) is 0. The topological polar surface area (TPSA) is 68.0 Å². The fourth-order valence-corrected chi connectivity index (χ4v) is 1.78. The third-order valence-corrected chi connectivity index (χ3v) is 2.88. The van der Waals surface area contributed by atoms with Crippen LogP contribution in [0.3, 0.4) is 0 Å². The van der Waals surface area contributed by atoms with Gasteiger partial charge in [-0.15, -0.1) is 0 Å². The molecule has 0 bridgehead atoms. The molecule has 1 aromatic heterocycles. The molecule has 5 heteroatoms. The molecule has 0 aliphatic carbocycles. The molecule has 1 heterocycles. The third kappa shape index (κ3) is 2.81. The van der Waals surface area contributed by atoms with Crippen molar-refractivity contribution in [2.24, 2.45) is 0 Å². The summed E-state index contributed by atoms with van der Waals surface area (Å²) in [6, 6.07) is 7.43. The number of amides is 1. The number of rotatable bonds is 3. The van der Waals surface area contributed by atoms with Crippen LogP contribution in [0.15, 0.2) is 28.8 Å². The van der Waals surface area contributed by atoms with Crippen molar-refractivity contribution in [1.29, 1.82) is 0 Å². The average molecular weight is 259 g/mol. The predicted molar refractivity (Wildman–Crippen MR) is 70.7 cm³/mol. The van der Waals surface area contributed by atoms with E-state index in [2.05, 4.69) is 15.5 Å². The van der Waals surface area contributed by atoms with Crippen LogP contribution < -0.4 is 5.32 Å². The van der Waals surface area contributed by atoms with Gasteiger partial charge >= 0.3 is 0 Å². The highest BCUT2D eigenvalue weighted by Crippen LogP contribution is 2.19. The van der Waals surface area contributed by atoms with Crippen LogP contribution in [-0.2, 0) is 5.54 Å². The number of aromatic nitrogens is 2. The molecule has 19 heavy (non-hydrogen) atoms. The lowest BCUT2D eigenvalue weighted by Crippen LogP contribution is -2.41. The van der Waals surface area contributed by atoms with Gasteiger partial charge in [-0.1, -0.05) is 23.4 Å². The third-order valence-electron chi connectivity index (χ3n) is 2.88. The Morgan fingerprint density at radius 2 is 1.95 bits per heavy atom. The number of carbonyl (C=O) groups excluding carboxylic acids is 1. The minimum Gasteiger partial charge on any atom is -0.338 e. The molecule has 5 nitrogen and oxygen atoms in total. The standard InChI is InChI=1S/C14H17N3O2/c1-9-7-5-6-8-11(9)12(18)16-14(3,4)13-15-10(2)17-19-13/h5-8H,1-4H3,(H,16,18). The minimum absolute atomic E-state index is 0.154. The number of aryl methyl sites for hydroxylation is 2. The molecular formula is C14H17N3O2. The van der Waals surface area contributed by atoms with Crippen LogP contribution in [0.1, 0.15) is 41.5 Å². The summed E-state index contributed by atoms with van der Waals surface area (Å²) in [5.74, 6) is 0.791. The van der Waals surface area contributed by atoms with Crippen molar-refractivity contribution in [3.63, 3.8) is 0 Å². The lowest BCUT2D eigenvalue weighted by Gasteiger charge is -2.22. The van der Waals surface area contributed by atoms with E-state index in [1.807, 2.05) is 39.0 Å². The zero-order chi connectivity index (χ0) is 14.0. The Bertz CT molecular complexity index is 602. The second-order valence-electron chi connectivity index (χ2n) is 5.04. The van der Waals surface area contributed by atoms with Crippen molar-refractivity contribution in [3.8, 4) is 0 Å². The maximum absolute atomic E-state index is 12.3. The summed E-state index contributed by atoms with van der Waals surface area (Å²) in [5.41, 5.74) is 0.866. The molecule has 0 unspecified atom stereocenters. The van der Waals surface area contributed by atoms with Crippen LogP contribution in [0.5, 0.6) is 0 Å². The van der Waals surface area contributed by atoms with Gasteiger partial charge in [0, 0.05) is 5.56 Å². The van der Waals surface area contributed by atoms with E-state index in [-0.39, 0.29) is 5.91 Å². The van der Waals surface area contributed by atoms with Gasteiger partial charge in [-0.2, -0.15) is 4.98 Å². The molecule has 2 aromatic rings. The second kappa shape index (κ2) is 4.84. The predicted octanol–water partition coefficient (Wildman–Crippen LogP) is 2.35. The first-order valence-electron chi connectivity index (χ1n) is 6.09. The molecule has 0 fully saturated rings. The molecule has 100 valence electrons. The monoisotopic (exact) mass is 259 g/mol. The fraction of sp³-hybridized carbons (Fsp3) is 0.357. The molecule has 0 radical (unpaired) electrons. The largest absolute Gasteiger partial charge is 0.338 e. The first kappa shape index (κ1) is 13.3. The van der Waals surface area contributed by atoms with Gasteiger partial charge in [0.1, 0.15) is 5.54 Å². The fourth-order valence-electron chi connectivity index (χ4n) is 1.78. The highest BCUT2D eigenvalue weighted by atomic mass is 16.5. The second-order valence-corrected chi connectivity index (χ2v) is 5.04. The van der Waals surface area contributed by atoms with Gasteiger partial charge in [0.15, 0.2) is 5.82 Å². The summed E-state index contributed by atoms with van der Waals surface area (Å²) in [6.45, 7) is 7.30. The molecule has 0 aliphatic heterocycles. The van der Waals surface area contributed by atoms with Crippen LogP contribution in [0.4, 0.5) is 0 Å². The van der Waals surface area contributed by atoms with E-state index < -0.39 is 5.54 Å². The first-order chi connectivity index (χ1) is 8.90. The van der Waals surface area contributed by atoms with Crippen LogP contribution in [-0.4, -0.2) is 16.0 Å². The van der Waals surface area contributed by atoms with Crippen molar-refractivity contribution < 1.29 is 9.32 Å². The lowest BCUT2D eigenvalue weighted by atomic mass is 10.0. The van der Waals surface area contributed by atoms with Gasteiger partial charge in [-0.25, -0.2) is 0 Å². The summed E-state index contributed by atoms with van der Waals surface area (Å²) < 4.78 is 5.12. The number of carbonyl (C=O) groups is 1. The molecule has 1 aromatic carbocycles. The number of nitrogens with zero attached hydrogens (tertiary/aromatic N) is 2. The van der Waals surface area contributed by atoms with Crippen molar-refractivity contribution in [3.05, 3.63) is 47.1 Å². The number of nitrogens with one attached hydrogen (secondary N) is 1. The summed E-state index contributed by atoms with van der Waals surface area (Å²) in [7, 11) is 0. The normalized spacial score (nSPS) is 11.4. The molecule has 0 atom stereocenters. The van der Waals surface area contributed by atoms with Crippen molar-refractivity contribution in [2.75, 3.05) is 0 Å². The van der Waals surface area contributed by atoms with Crippen LogP contribution in [0.25, 0.3) is 0 Å². The van der Waals surface area contributed by atoms with Crippen molar-refractivity contribution >= 4 is 5.91 Å². The van der Waals surface area contributed by atoms with Gasteiger partial charge in [0.25, 0.3) is 11.8 Å². The number of hydrogen-bond donors (Lipinski definition) is 1. The Morgan fingerprint density at radius 3 is 2.53 bits per heavy atom. The van der Waals surface area contributed by atoms with Gasteiger partial charge in [0.2, 0.25) is 0 Å². The van der Waals surface area contributed by atoms with Crippen LogP contribution in [0, 0.1) is 13.8 Å². The Kier molecular flexibility index (Phi) is 3.38. The van der Waals surface area contributed by atoms with E-state index in [1.54, 1.807) is 13.0 Å². The van der Waals surface area contributed by atoms with E-state index in [4.69, 9.17) is 4.52 Å². The minimum atomic E-state index is -0.708. The Hall–Kier alpha value is -2.17. The molecule has 2 rings (SSSR count). The maximum atomic E-state index is 12.3. The molecule has 0 saturated carbocycles. The van der Waals surface area contributed by atoms with Crippen molar-refractivity contribution in [2.45, 2.75) is 33.2 Å². The highest BCUT2D eigenvalue weighted by molar-refractivity contribution is 5.96. The van der Waals surface area contributed by atoms with Gasteiger partial charge < -0.3 is 9.84 Å². The van der Waals surface area contributed by atoms with E-state index in [0.717, 1.165) is 5.56 Å². The number of benzene rings is 1. The first-order valence-corrected chi connectivity index (χ1v) is 6.09. The van der Waals surface area contributed by atoms with Crippen LogP contribution >= 0.6 is 0 Å². The number of hydrogen-bond acceptors (Lipinski definition) is 4. The average Bonchev–Trinajstić information content (AvgIpc) is 2.76. The molecule has 0 spiro atoms.